The molecular weight excluding hydrogens is 268 g/mol. The molecule has 1 aliphatic heterocycles. The number of carbonyl (C=O) groups is 2. The van der Waals surface area contributed by atoms with Crippen LogP contribution in [0.2, 0.25) is 0 Å². The zero-order valence-electron chi connectivity index (χ0n) is 12.0. The smallest absolute Gasteiger partial charge is 0.238 e. The highest BCUT2D eigenvalue weighted by Gasteiger charge is 2.23. The van der Waals surface area contributed by atoms with E-state index in [-0.39, 0.29) is 24.2 Å². The van der Waals surface area contributed by atoms with E-state index in [1.165, 1.54) is 0 Å². The highest BCUT2D eigenvalue weighted by Crippen LogP contribution is 2.20. The monoisotopic (exact) mass is 290 g/mol. The molecule has 5 N–H and O–H groups in total. The number of hydrogen-bond donors (Lipinski definition) is 3. The predicted octanol–water partition coefficient (Wildman–Crippen LogP) is -0.0837. The van der Waals surface area contributed by atoms with E-state index in [9.17, 15) is 9.59 Å². The van der Waals surface area contributed by atoms with Crippen molar-refractivity contribution in [3.63, 3.8) is 0 Å². The first-order valence-electron chi connectivity index (χ1n) is 7.18. The van der Waals surface area contributed by atoms with E-state index in [0.29, 0.717) is 0 Å². The summed E-state index contributed by atoms with van der Waals surface area (Å²) in [6.45, 7) is 2.48. The van der Waals surface area contributed by atoms with Crippen molar-refractivity contribution in [2.45, 2.75) is 25.8 Å². The van der Waals surface area contributed by atoms with E-state index in [2.05, 4.69) is 10.3 Å². The average Bonchev–Trinajstić information content (AvgIpc) is 2.49. The maximum absolute atomic E-state index is 11.4. The Bertz CT molecular complexity index is 510. The molecule has 2 amide bonds. The average molecular weight is 290 g/mol. The lowest BCUT2D eigenvalue weighted by atomic mass is 9.95. The van der Waals surface area contributed by atoms with Crippen LogP contribution in [0, 0.1) is 5.92 Å². The first kappa shape index (κ1) is 15.5. The normalized spacial score (nSPS) is 16.6. The molecule has 1 heterocycles. The molecule has 0 aromatic heterocycles. The SMILES string of the molecule is NNC(=O)Cc1ccccc1CN1CCC(C(N)=O)CC1. The van der Waals surface area contributed by atoms with Crippen molar-refractivity contribution in [2.24, 2.45) is 17.5 Å². The molecule has 6 nitrogen and oxygen atoms in total. The minimum Gasteiger partial charge on any atom is -0.369 e. The molecule has 0 aliphatic carbocycles. The van der Waals surface area contributed by atoms with E-state index in [1.807, 2.05) is 24.3 Å². The number of amides is 2. The van der Waals surface area contributed by atoms with Gasteiger partial charge >= 0.3 is 0 Å². The minimum absolute atomic E-state index is 0.000452. The van der Waals surface area contributed by atoms with Gasteiger partial charge in [-0.2, -0.15) is 0 Å². The molecule has 0 atom stereocenters. The van der Waals surface area contributed by atoms with Crippen LogP contribution in [0.4, 0.5) is 0 Å². The molecule has 0 unspecified atom stereocenters. The maximum atomic E-state index is 11.4. The molecule has 114 valence electrons. The molecule has 0 spiro atoms. The van der Waals surface area contributed by atoms with Crippen LogP contribution in [0.5, 0.6) is 0 Å². The van der Waals surface area contributed by atoms with Crippen molar-refractivity contribution < 1.29 is 9.59 Å². The van der Waals surface area contributed by atoms with E-state index in [4.69, 9.17) is 11.6 Å². The summed E-state index contributed by atoms with van der Waals surface area (Å²) >= 11 is 0. The summed E-state index contributed by atoms with van der Waals surface area (Å²) < 4.78 is 0. The van der Waals surface area contributed by atoms with Gasteiger partial charge in [0.05, 0.1) is 6.42 Å². The number of nitrogens with zero attached hydrogens (tertiary/aromatic N) is 1. The Morgan fingerprint density at radius 2 is 1.81 bits per heavy atom. The van der Waals surface area contributed by atoms with Crippen molar-refractivity contribution in [3.8, 4) is 0 Å². The second kappa shape index (κ2) is 7.19. The third-order valence-corrected chi connectivity index (χ3v) is 4.01. The topological polar surface area (TPSA) is 101 Å². The molecule has 0 saturated carbocycles. The second-order valence-electron chi connectivity index (χ2n) is 5.47. The summed E-state index contributed by atoms with van der Waals surface area (Å²) in [4.78, 5) is 24.9. The van der Waals surface area contributed by atoms with Gasteiger partial charge in [-0.05, 0) is 37.1 Å². The number of carbonyl (C=O) groups excluding carboxylic acids is 2. The molecule has 0 bridgehead atoms. The Balaban J connectivity index is 1.97. The van der Waals surface area contributed by atoms with Crippen LogP contribution in [0.25, 0.3) is 0 Å². The van der Waals surface area contributed by atoms with Crippen LogP contribution in [0.1, 0.15) is 24.0 Å². The summed E-state index contributed by atoms with van der Waals surface area (Å²) in [7, 11) is 0. The molecule has 2 rings (SSSR count). The van der Waals surface area contributed by atoms with Gasteiger partial charge in [0, 0.05) is 12.5 Å². The van der Waals surface area contributed by atoms with Crippen LogP contribution in [-0.4, -0.2) is 29.8 Å². The fourth-order valence-corrected chi connectivity index (χ4v) is 2.72. The van der Waals surface area contributed by atoms with Gasteiger partial charge in [-0.1, -0.05) is 24.3 Å². The fourth-order valence-electron chi connectivity index (χ4n) is 2.72. The summed E-state index contributed by atoms with van der Waals surface area (Å²) in [6.07, 6.45) is 1.89. The molecule has 1 aliphatic rings. The van der Waals surface area contributed by atoms with E-state index in [1.54, 1.807) is 0 Å². The maximum Gasteiger partial charge on any atom is 0.238 e. The number of hydrogen-bond acceptors (Lipinski definition) is 4. The van der Waals surface area contributed by atoms with Crippen molar-refractivity contribution in [1.29, 1.82) is 0 Å². The highest BCUT2D eigenvalue weighted by molar-refractivity contribution is 5.78. The van der Waals surface area contributed by atoms with Gasteiger partial charge in [0.2, 0.25) is 11.8 Å². The van der Waals surface area contributed by atoms with Crippen LogP contribution >= 0.6 is 0 Å². The number of primary amides is 1. The van der Waals surface area contributed by atoms with Crippen LogP contribution < -0.4 is 17.0 Å². The number of likely N-dealkylation sites (tertiary alicyclic amines) is 1. The summed E-state index contributed by atoms with van der Waals surface area (Å²) in [5.74, 6) is 4.75. The molecule has 1 saturated heterocycles. The number of benzene rings is 1. The minimum atomic E-state index is -0.199. The zero-order valence-corrected chi connectivity index (χ0v) is 12.0. The number of rotatable bonds is 5. The highest BCUT2D eigenvalue weighted by atomic mass is 16.2. The van der Waals surface area contributed by atoms with Crippen LogP contribution in [-0.2, 0) is 22.6 Å². The number of hydrazine groups is 1. The second-order valence-corrected chi connectivity index (χ2v) is 5.47. The molecule has 1 aromatic carbocycles. The Labute approximate surface area is 124 Å². The number of piperidine rings is 1. The quantitative estimate of drug-likeness (QED) is 0.401. The number of nitrogens with one attached hydrogen (secondary N) is 1. The van der Waals surface area contributed by atoms with Gasteiger partial charge in [0.25, 0.3) is 0 Å². The first-order valence-corrected chi connectivity index (χ1v) is 7.18. The molecule has 1 fully saturated rings. The van der Waals surface area contributed by atoms with Crippen LogP contribution in [0.15, 0.2) is 24.3 Å². The van der Waals surface area contributed by atoms with Gasteiger partial charge in [-0.3, -0.25) is 19.9 Å². The first-order chi connectivity index (χ1) is 10.1. The van der Waals surface area contributed by atoms with Gasteiger partial charge in [0.15, 0.2) is 0 Å². The van der Waals surface area contributed by atoms with E-state index < -0.39 is 0 Å². The van der Waals surface area contributed by atoms with Crippen molar-refractivity contribution in [2.75, 3.05) is 13.1 Å². The van der Waals surface area contributed by atoms with Gasteiger partial charge in [-0.25, -0.2) is 5.84 Å². The van der Waals surface area contributed by atoms with E-state index in [0.717, 1.165) is 43.6 Å². The fraction of sp³-hybridized carbons (Fsp3) is 0.467. The lowest BCUT2D eigenvalue weighted by Crippen LogP contribution is -2.38. The van der Waals surface area contributed by atoms with Gasteiger partial charge < -0.3 is 5.73 Å². The Hall–Kier alpha value is -1.92. The molecule has 6 heteroatoms. The lowest BCUT2D eigenvalue weighted by Gasteiger charge is -2.31. The third-order valence-electron chi connectivity index (χ3n) is 4.01. The van der Waals surface area contributed by atoms with Crippen molar-refractivity contribution in [3.05, 3.63) is 35.4 Å². The molecule has 1 aromatic rings. The molecule has 21 heavy (non-hydrogen) atoms. The van der Waals surface area contributed by atoms with E-state index >= 15 is 0 Å². The summed E-state index contributed by atoms with van der Waals surface area (Å²) in [5, 5.41) is 0. The van der Waals surface area contributed by atoms with Crippen molar-refractivity contribution >= 4 is 11.8 Å². The molecule has 0 radical (unpaired) electrons. The molecular formula is C15H22N4O2. The third kappa shape index (κ3) is 4.27. The Morgan fingerprint density at radius 3 is 2.38 bits per heavy atom. The Morgan fingerprint density at radius 1 is 1.19 bits per heavy atom. The summed E-state index contributed by atoms with van der Waals surface area (Å²) in [5.41, 5.74) is 9.61. The standard InChI is InChI=1S/C15H22N4O2/c16-15(21)11-5-7-19(8-6-11)10-13-4-2-1-3-12(13)9-14(20)18-17/h1-4,11H,5-10,17H2,(H2,16,21)(H,18,20). The zero-order chi connectivity index (χ0) is 15.2. The van der Waals surface area contributed by atoms with Gasteiger partial charge in [-0.15, -0.1) is 0 Å². The summed E-state index contributed by atoms with van der Waals surface area (Å²) in [6, 6.07) is 7.86. The van der Waals surface area contributed by atoms with Gasteiger partial charge in [0.1, 0.15) is 0 Å². The Kier molecular flexibility index (Phi) is 5.30. The number of nitrogens with two attached hydrogens (primary N) is 2. The van der Waals surface area contributed by atoms with Crippen molar-refractivity contribution in [1.82, 2.24) is 10.3 Å². The largest absolute Gasteiger partial charge is 0.369 e. The van der Waals surface area contributed by atoms with Crippen LogP contribution in [0.3, 0.4) is 0 Å². The lowest BCUT2D eigenvalue weighted by molar-refractivity contribution is -0.123. The predicted molar refractivity (Wildman–Crippen MR) is 79.7 cm³/mol.